The molecule has 0 aromatic heterocycles. The molecule has 0 bridgehead atoms. The lowest BCUT2D eigenvalue weighted by Gasteiger charge is -2.57. The highest BCUT2D eigenvalue weighted by atomic mass is 14.7. The summed E-state index contributed by atoms with van der Waals surface area (Å²) in [5.41, 5.74) is 1.91. The zero-order valence-corrected chi connectivity index (χ0v) is 5.95. The Bertz CT molecular complexity index is 144. The third kappa shape index (κ3) is 0.342. The maximum absolute atomic E-state index is 1.59. The first-order valence-corrected chi connectivity index (χ1v) is 4.37. The fourth-order valence-electron chi connectivity index (χ4n) is 3.15. The Labute approximate surface area is 56.6 Å². The van der Waals surface area contributed by atoms with E-state index in [0.717, 1.165) is 10.8 Å². The highest BCUT2D eigenvalue weighted by Crippen LogP contribution is 2.77. The summed E-state index contributed by atoms with van der Waals surface area (Å²) in [7, 11) is 0. The molecule has 3 aliphatic carbocycles. The van der Waals surface area contributed by atoms with Crippen LogP contribution < -0.4 is 0 Å². The van der Waals surface area contributed by atoms with Crippen molar-refractivity contribution < 1.29 is 0 Å². The molecule has 3 rings (SSSR count). The van der Waals surface area contributed by atoms with Gasteiger partial charge >= 0.3 is 0 Å². The van der Waals surface area contributed by atoms with E-state index in [4.69, 9.17) is 0 Å². The van der Waals surface area contributed by atoms with Crippen molar-refractivity contribution in [1.82, 2.24) is 0 Å². The Morgan fingerprint density at radius 3 is 1.11 bits per heavy atom. The third-order valence-corrected chi connectivity index (χ3v) is 4.37. The summed E-state index contributed by atoms with van der Waals surface area (Å²) in [5, 5.41) is 0. The largest absolute Gasteiger partial charge is 0.0522 e. The summed E-state index contributed by atoms with van der Waals surface area (Å²) in [5.74, 6) is 0. The van der Waals surface area contributed by atoms with Crippen LogP contribution in [0.3, 0.4) is 0 Å². The Balaban J connectivity index is 1.91. The minimum atomic E-state index is 0.951. The van der Waals surface area contributed by atoms with E-state index in [1.54, 1.807) is 44.9 Å². The standard InChI is InChI=1S/C9H14/c1-2-8(3-1)4-5-9(8)6-7-9/h1-7H2. The maximum atomic E-state index is 1.59. The second-order valence-electron chi connectivity index (χ2n) is 4.41. The normalized spacial score (nSPS) is 40.0. The van der Waals surface area contributed by atoms with Gasteiger partial charge in [0, 0.05) is 0 Å². The number of fused-ring (bicyclic) bond motifs is 1. The molecule has 0 aromatic rings. The molecule has 0 saturated heterocycles. The van der Waals surface area contributed by atoms with Crippen LogP contribution in [0.4, 0.5) is 0 Å². The van der Waals surface area contributed by atoms with Gasteiger partial charge in [-0.25, -0.2) is 0 Å². The first-order chi connectivity index (χ1) is 4.37. The zero-order valence-electron chi connectivity index (χ0n) is 5.95. The summed E-state index contributed by atoms with van der Waals surface area (Å²) in [6, 6.07) is 0. The summed E-state index contributed by atoms with van der Waals surface area (Å²) in [6.07, 6.45) is 11.1. The van der Waals surface area contributed by atoms with Crippen LogP contribution in [0.1, 0.15) is 44.9 Å². The predicted octanol–water partition coefficient (Wildman–Crippen LogP) is 2.73. The van der Waals surface area contributed by atoms with E-state index >= 15 is 0 Å². The van der Waals surface area contributed by atoms with Crippen LogP contribution >= 0.6 is 0 Å². The molecule has 50 valence electrons. The average Bonchev–Trinajstić information content (AvgIpc) is 2.34. The summed E-state index contributed by atoms with van der Waals surface area (Å²) < 4.78 is 0. The molecule has 2 spiro atoms. The molecular weight excluding hydrogens is 108 g/mol. The molecular formula is C9H14. The Morgan fingerprint density at radius 2 is 1.00 bits per heavy atom. The molecule has 0 nitrogen and oxygen atoms in total. The van der Waals surface area contributed by atoms with Gasteiger partial charge in [-0.3, -0.25) is 0 Å². The van der Waals surface area contributed by atoms with E-state index in [1.807, 2.05) is 0 Å². The number of hydrogen-bond acceptors (Lipinski definition) is 0. The highest BCUT2D eigenvalue weighted by Gasteiger charge is 2.66. The van der Waals surface area contributed by atoms with Gasteiger partial charge in [-0.05, 0) is 49.4 Å². The van der Waals surface area contributed by atoms with Gasteiger partial charge in [0.05, 0.1) is 0 Å². The van der Waals surface area contributed by atoms with Crippen LogP contribution in [-0.4, -0.2) is 0 Å². The van der Waals surface area contributed by atoms with Crippen molar-refractivity contribution in [3.63, 3.8) is 0 Å². The summed E-state index contributed by atoms with van der Waals surface area (Å²) in [6.45, 7) is 0. The van der Waals surface area contributed by atoms with Gasteiger partial charge in [0.25, 0.3) is 0 Å². The second kappa shape index (κ2) is 1.09. The molecule has 0 amide bonds. The lowest BCUT2D eigenvalue weighted by Crippen LogP contribution is -2.47. The molecule has 0 heterocycles. The van der Waals surface area contributed by atoms with Gasteiger partial charge < -0.3 is 0 Å². The minimum absolute atomic E-state index is 0.951. The van der Waals surface area contributed by atoms with Crippen LogP contribution in [0.2, 0.25) is 0 Å². The fraction of sp³-hybridized carbons (Fsp3) is 1.00. The molecule has 3 aliphatic rings. The van der Waals surface area contributed by atoms with Crippen LogP contribution in [-0.2, 0) is 0 Å². The average molecular weight is 122 g/mol. The smallest absolute Gasteiger partial charge is 0.0240 e. The monoisotopic (exact) mass is 122 g/mol. The quantitative estimate of drug-likeness (QED) is 0.463. The molecule has 3 fully saturated rings. The second-order valence-corrected chi connectivity index (χ2v) is 4.41. The van der Waals surface area contributed by atoms with E-state index in [9.17, 15) is 0 Å². The van der Waals surface area contributed by atoms with E-state index < -0.39 is 0 Å². The van der Waals surface area contributed by atoms with Crippen molar-refractivity contribution in [3.8, 4) is 0 Å². The molecule has 0 heteroatoms. The molecule has 9 heavy (non-hydrogen) atoms. The zero-order chi connectivity index (χ0) is 5.95. The molecule has 0 unspecified atom stereocenters. The van der Waals surface area contributed by atoms with Crippen molar-refractivity contribution in [2.75, 3.05) is 0 Å². The molecule has 3 saturated carbocycles. The van der Waals surface area contributed by atoms with Crippen molar-refractivity contribution in [3.05, 3.63) is 0 Å². The van der Waals surface area contributed by atoms with Gasteiger partial charge in [-0.2, -0.15) is 0 Å². The van der Waals surface area contributed by atoms with Crippen molar-refractivity contribution in [2.45, 2.75) is 44.9 Å². The molecule has 0 aromatic carbocycles. The van der Waals surface area contributed by atoms with E-state index in [-0.39, 0.29) is 0 Å². The Kier molecular flexibility index (Phi) is 0.574. The first kappa shape index (κ1) is 4.76. The van der Waals surface area contributed by atoms with E-state index in [2.05, 4.69) is 0 Å². The van der Waals surface area contributed by atoms with E-state index in [1.165, 1.54) is 0 Å². The molecule has 0 aliphatic heterocycles. The van der Waals surface area contributed by atoms with Crippen molar-refractivity contribution in [2.24, 2.45) is 10.8 Å². The predicted molar refractivity (Wildman–Crippen MR) is 37.2 cm³/mol. The van der Waals surface area contributed by atoms with Gasteiger partial charge in [-0.15, -0.1) is 0 Å². The Morgan fingerprint density at radius 1 is 0.556 bits per heavy atom. The van der Waals surface area contributed by atoms with Crippen molar-refractivity contribution >= 4 is 0 Å². The van der Waals surface area contributed by atoms with Gasteiger partial charge in [0.15, 0.2) is 0 Å². The highest BCUT2D eigenvalue weighted by molar-refractivity contribution is 5.17. The summed E-state index contributed by atoms with van der Waals surface area (Å²) in [4.78, 5) is 0. The van der Waals surface area contributed by atoms with Gasteiger partial charge in [0.2, 0.25) is 0 Å². The van der Waals surface area contributed by atoms with Crippen LogP contribution in [0.25, 0.3) is 0 Å². The third-order valence-electron chi connectivity index (χ3n) is 4.37. The molecule has 0 radical (unpaired) electrons. The van der Waals surface area contributed by atoms with Crippen LogP contribution in [0.15, 0.2) is 0 Å². The van der Waals surface area contributed by atoms with Crippen LogP contribution in [0.5, 0.6) is 0 Å². The van der Waals surface area contributed by atoms with E-state index in [0.29, 0.717) is 0 Å². The maximum Gasteiger partial charge on any atom is -0.0240 e. The number of rotatable bonds is 0. The SMILES string of the molecule is C1CC2(C1)CCC21CC1. The molecule has 0 N–H and O–H groups in total. The van der Waals surface area contributed by atoms with Gasteiger partial charge in [-0.1, -0.05) is 6.42 Å². The Hall–Kier alpha value is 0. The lowest BCUT2D eigenvalue weighted by atomic mass is 9.47. The number of hydrogen-bond donors (Lipinski definition) is 0. The first-order valence-electron chi connectivity index (χ1n) is 4.37. The van der Waals surface area contributed by atoms with Crippen LogP contribution in [0, 0.1) is 10.8 Å². The summed E-state index contributed by atoms with van der Waals surface area (Å²) >= 11 is 0. The minimum Gasteiger partial charge on any atom is -0.0522 e. The van der Waals surface area contributed by atoms with Crippen molar-refractivity contribution in [1.29, 1.82) is 0 Å². The lowest BCUT2D eigenvalue weighted by molar-refractivity contribution is -0.0693. The topological polar surface area (TPSA) is 0 Å². The fourth-order valence-corrected chi connectivity index (χ4v) is 3.15. The molecule has 0 atom stereocenters. The van der Waals surface area contributed by atoms with Gasteiger partial charge in [0.1, 0.15) is 0 Å².